The predicted molar refractivity (Wildman–Crippen MR) is 188 cm³/mol. The van der Waals surface area contributed by atoms with Crippen LogP contribution in [0.25, 0.3) is 44.0 Å². The van der Waals surface area contributed by atoms with Crippen LogP contribution in [0.1, 0.15) is 0 Å². The molecule has 0 spiro atoms. The summed E-state index contributed by atoms with van der Waals surface area (Å²) < 4.78 is 25.6. The Morgan fingerprint density at radius 1 is 0.438 bits per heavy atom. The summed E-state index contributed by atoms with van der Waals surface area (Å²) in [4.78, 5) is 9.25. The quantitative estimate of drug-likeness (QED) is 0.190. The molecule has 7 nitrogen and oxygen atoms in total. The van der Waals surface area contributed by atoms with Crippen molar-refractivity contribution in [1.82, 2.24) is 4.98 Å². The normalized spacial score (nSPS) is 13.2. The topological polar surface area (TPSA) is 64.1 Å². The van der Waals surface area contributed by atoms with Gasteiger partial charge in [-0.25, -0.2) is 4.98 Å². The van der Waals surface area contributed by atoms with Crippen LogP contribution in [-0.4, -0.2) is 4.98 Å². The Balaban J connectivity index is 1.07. The van der Waals surface area contributed by atoms with Gasteiger partial charge in [-0.15, -0.1) is 0 Å². The van der Waals surface area contributed by atoms with Crippen LogP contribution in [0.5, 0.6) is 23.0 Å². The number of nitrogens with zero attached hydrogens (tertiary/aromatic N) is 3. The number of furan rings is 2. The van der Waals surface area contributed by atoms with Crippen molar-refractivity contribution in [2.75, 3.05) is 9.80 Å². The van der Waals surface area contributed by atoms with Crippen LogP contribution in [0, 0.1) is 0 Å². The van der Waals surface area contributed by atoms with Gasteiger partial charge in [0, 0.05) is 22.9 Å². The van der Waals surface area contributed by atoms with Gasteiger partial charge in [0.2, 0.25) is 0 Å². The van der Waals surface area contributed by atoms with E-state index < -0.39 is 0 Å². The number of ether oxygens (including phenoxy) is 2. The fourth-order valence-corrected chi connectivity index (χ4v) is 7.17. The standard InChI is InChI=1S/C41H23N3O4/c1-5-13-32-28(9-1)43(29-10-2-6-14-33(29)45-32)24-17-19-26-36(21-24)47-38-23-42-40-27-20-18-25(22-37(27)48-41(40)39(26)38)44-30-11-3-7-15-34(30)46-35-16-8-4-12-31(35)44/h1-23H. The van der Waals surface area contributed by atoms with Crippen molar-refractivity contribution in [2.24, 2.45) is 0 Å². The van der Waals surface area contributed by atoms with Gasteiger partial charge in [-0.1, -0.05) is 48.5 Å². The molecule has 11 rings (SSSR count). The molecule has 226 valence electrons. The van der Waals surface area contributed by atoms with Crippen molar-refractivity contribution in [1.29, 1.82) is 0 Å². The summed E-state index contributed by atoms with van der Waals surface area (Å²) in [5, 5.41) is 2.81. The van der Waals surface area contributed by atoms with Crippen molar-refractivity contribution in [3.05, 3.63) is 140 Å². The van der Waals surface area contributed by atoms with Crippen molar-refractivity contribution >= 4 is 78.1 Å². The molecule has 7 heteroatoms. The SMILES string of the molecule is c1ccc2c(c1)Oc1ccccc1N2c1ccc2c(c1)oc1c2ncc2oc3cc(N4c5ccccc5Oc5ccccc54)ccc3c21. The minimum atomic E-state index is 0.674. The molecule has 0 bridgehead atoms. The van der Waals surface area contributed by atoms with Gasteiger partial charge in [0.25, 0.3) is 0 Å². The van der Waals surface area contributed by atoms with Crippen LogP contribution in [0.3, 0.4) is 0 Å². The number of pyridine rings is 1. The van der Waals surface area contributed by atoms with Crippen LogP contribution >= 0.6 is 0 Å². The smallest absolute Gasteiger partial charge is 0.165 e. The molecule has 0 amide bonds. The van der Waals surface area contributed by atoms with E-state index in [1.165, 1.54) is 0 Å². The monoisotopic (exact) mass is 621 g/mol. The van der Waals surface area contributed by atoms with Crippen molar-refractivity contribution in [2.45, 2.75) is 0 Å². The molecule has 0 aliphatic carbocycles. The third-order valence-corrected chi connectivity index (χ3v) is 9.27. The highest BCUT2D eigenvalue weighted by molar-refractivity contribution is 6.21. The second-order valence-corrected chi connectivity index (χ2v) is 12.0. The zero-order valence-electron chi connectivity index (χ0n) is 25.3. The van der Waals surface area contributed by atoms with Crippen molar-refractivity contribution in [3.63, 3.8) is 0 Å². The molecule has 0 radical (unpaired) electrons. The van der Waals surface area contributed by atoms with E-state index in [0.717, 1.165) is 90.0 Å². The lowest BCUT2D eigenvalue weighted by atomic mass is 10.1. The summed E-state index contributed by atoms with van der Waals surface area (Å²) in [5.74, 6) is 3.21. The van der Waals surface area contributed by atoms with Gasteiger partial charge in [0.05, 0.1) is 45.7 Å². The molecule has 2 aliphatic heterocycles. The van der Waals surface area contributed by atoms with E-state index in [4.69, 9.17) is 23.3 Å². The average Bonchev–Trinajstić information content (AvgIpc) is 3.70. The molecule has 0 fully saturated rings. The van der Waals surface area contributed by atoms with Crippen LogP contribution in [0.2, 0.25) is 0 Å². The maximum Gasteiger partial charge on any atom is 0.165 e. The first-order chi connectivity index (χ1) is 23.8. The highest BCUT2D eigenvalue weighted by Gasteiger charge is 2.28. The second-order valence-electron chi connectivity index (χ2n) is 12.0. The summed E-state index contributed by atoms with van der Waals surface area (Å²) in [6, 6.07) is 44.9. The van der Waals surface area contributed by atoms with E-state index in [1.54, 1.807) is 6.20 Å². The largest absolute Gasteiger partial charge is 0.454 e. The average molecular weight is 622 g/mol. The third kappa shape index (κ3) is 3.50. The van der Waals surface area contributed by atoms with E-state index >= 15 is 0 Å². The number of benzene rings is 6. The van der Waals surface area contributed by atoms with Gasteiger partial charge in [-0.3, -0.25) is 0 Å². The summed E-state index contributed by atoms with van der Waals surface area (Å²) in [6.07, 6.45) is 1.80. The number of hydrogen-bond donors (Lipinski definition) is 0. The van der Waals surface area contributed by atoms with E-state index in [2.05, 4.69) is 70.5 Å². The molecule has 48 heavy (non-hydrogen) atoms. The third-order valence-electron chi connectivity index (χ3n) is 9.27. The second kappa shape index (κ2) is 9.40. The van der Waals surface area contributed by atoms with Crippen molar-refractivity contribution in [3.8, 4) is 23.0 Å². The number of hydrogen-bond acceptors (Lipinski definition) is 7. The molecule has 0 saturated heterocycles. The molecule has 2 aliphatic rings. The molecule has 6 aromatic carbocycles. The molecule has 5 heterocycles. The van der Waals surface area contributed by atoms with E-state index in [1.807, 2.05) is 72.8 Å². The lowest BCUT2D eigenvalue weighted by Gasteiger charge is -2.32. The van der Waals surface area contributed by atoms with Gasteiger partial charge in [0.15, 0.2) is 34.2 Å². The Morgan fingerprint density at radius 2 is 0.896 bits per heavy atom. The van der Waals surface area contributed by atoms with E-state index in [-0.39, 0.29) is 0 Å². The van der Waals surface area contributed by atoms with Crippen LogP contribution in [0.15, 0.2) is 148 Å². The Hall–Kier alpha value is -6.73. The van der Waals surface area contributed by atoms with Gasteiger partial charge >= 0.3 is 0 Å². The number of anilines is 6. The molecule has 0 unspecified atom stereocenters. The Morgan fingerprint density at radius 3 is 1.42 bits per heavy atom. The first-order valence-electron chi connectivity index (χ1n) is 15.8. The molecule has 0 atom stereocenters. The zero-order valence-corrected chi connectivity index (χ0v) is 25.3. The highest BCUT2D eigenvalue weighted by atomic mass is 16.5. The molecule has 0 N–H and O–H groups in total. The van der Waals surface area contributed by atoms with Crippen LogP contribution < -0.4 is 19.3 Å². The van der Waals surface area contributed by atoms with Gasteiger partial charge in [0.1, 0.15) is 16.7 Å². The Kier molecular flexibility index (Phi) is 4.99. The number of rotatable bonds is 2. The lowest BCUT2D eigenvalue weighted by molar-refractivity contribution is 0.476. The fraction of sp³-hybridized carbons (Fsp3) is 0. The number of para-hydroxylation sites is 8. The van der Waals surface area contributed by atoms with Gasteiger partial charge in [-0.05, 0) is 72.8 Å². The Labute approximate surface area is 273 Å². The van der Waals surface area contributed by atoms with Gasteiger partial charge < -0.3 is 28.1 Å². The first kappa shape index (κ1) is 25.5. The van der Waals surface area contributed by atoms with E-state index in [0.29, 0.717) is 11.2 Å². The summed E-state index contributed by atoms with van der Waals surface area (Å²) in [6.45, 7) is 0. The van der Waals surface area contributed by atoms with Gasteiger partial charge in [-0.2, -0.15) is 0 Å². The predicted octanol–water partition coefficient (Wildman–Crippen LogP) is 12.0. The number of fused-ring (bicyclic) bond motifs is 11. The maximum atomic E-state index is 6.67. The molecule has 9 aromatic rings. The first-order valence-corrected chi connectivity index (χ1v) is 15.8. The number of aromatic nitrogens is 1. The van der Waals surface area contributed by atoms with Crippen LogP contribution in [0.4, 0.5) is 34.1 Å². The Bertz CT molecular complexity index is 2690. The minimum absolute atomic E-state index is 0.674. The minimum Gasteiger partial charge on any atom is -0.454 e. The lowest BCUT2D eigenvalue weighted by Crippen LogP contribution is -2.15. The molecule has 3 aromatic heterocycles. The summed E-state index contributed by atoms with van der Waals surface area (Å²) in [7, 11) is 0. The van der Waals surface area contributed by atoms with Crippen LogP contribution in [-0.2, 0) is 0 Å². The molecular weight excluding hydrogens is 598 g/mol. The van der Waals surface area contributed by atoms with Crippen molar-refractivity contribution < 1.29 is 18.3 Å². The molecular formula is C41H23N3O4. The highest BCUT2D eigenvalue weighted by Crippen LogP contribution is 2.52. The van der Waals surface area contributed by atoms with E-state index in [9.17, 15) is 0 Å². The zero-order chi connectivity index (χ0) is 31.3. The maximum absolute atomic E-state index is 6.67. The molecule has 0 saturated carbocycles. The fourth-order valence-electron chi connectivity index (χ4n) is 7.17. The summed E-state index contributed by atoms with van der Waals surface area (Å²) in [5.41, 5.74) is 9.48. The summed E-state index contributed by atoms with van der Waals surface area (Å²) >= 11 is 0.